The molecule has 0 aliphatic rings. The van der Waals surface area contributed by atoms with E-state index in [9.17, 15) is 19.1 Å². The topological polar surface area (TPSA) is 120 Å². The molecule has 2 amide bonds. The molecule has 0 saturated heterocycles. The van der Waals surface area contributed by atoms with E-state index in [4.69, 9.17) is 5.73 Å². The SMILES string of the molecule is C=C/C(N)=C\C=C(/C)SN(CC(C)C)CC(O)C(Cc1ccccc1)NC(=O)CNC(=O)CNCc1cccc(F)c1. The van der Waals surface area contributed by atoms with Crippen LogP contribution in [0.1, 0.15) is 31.9 Å². The number of amides is 2. The highest BCUT2D eigenvalue weighted by molar-refractivity contribution is 8.00. The predicted molar refractivity (Wildman–Crippen MR) is 169 cm³/mol. The summed E-state index contributed by atoms with van der Waals surface area (Å²) in [6.45, 7) is 10.9. The number of allylic oxidation sites excluding steroid dienone is 4. The van der Waals surface area contributed by atoms with Gasteiger partial charge in [-0.05, 0) is 77.6 Å². The number of hydrogen-bond acceptors (Lipinski definition) is 7. The van der Waals surface area contributed by atoms with Gasteiger partial charge in [0.15, 0.2) is 0 Å². The van der Waals surface area contributed by atoms with Gasteiger partial charge in [0.1, 0.15) is 5.82 Å². The van der Waals surface area contributed by atoms with E-state index < -0.39 is 18.1 Å². The minimum Gasteiger partial charge on any atom is -0.399 e. The molecule has 0 bridgehead atoms. The van der Waals surface area contributed by atoms with Gasteiger partial charge in [0, 0.05) is 25.3 Å². The fourth-order valence-corrected chi connectivity index (χ4v) is 5.16. The van der Waals surface area contributed by atoms with Gasteiger partial charge in [-0.2, -0.15) is 0 Å². The molecule has 0 spiro atoms. The van der Waals surface area contributed by atoms with Gasteiger partial charge < -0.3 is 26.8 Å². The van der Waals surface area contributed by atoms with E-state index in [-0.39, 0.29) is 24.8 Å². The Morgan fingerprint density at radius 2 is 1.76 bits per heavy atom. The Morgan fingerprint density at radius 3 is 2.43 bits per heavy atom. The van der Waals surface area contributed by atoms with Crippen molar-refractivity contribution in [3.05, 3.63) is 107 Å². The van der Waals surface area contributed by atoms with Gasteiger partial charge in [-0.3, -0.25) is 9.59 Å². The van der Waals surface area contributed by atoms with Crippen LogP contribution < -0.4 is 21.7 Å². The van der Waals surface area contributed by atoms with Crippen LogP contribution in [0.2, 0.25) is 0 Å². The molecule has 0 radical (unpaired) electrons. The van der Waals surface area contributed by atoms with E-state index in [1.165, 1.54) is 24.1 Å². The quantitative estimate of drug-likeness (QED) is 0.131. The van der Waals surface area contributed by atoms with Crippen molar-refractivity contribution in [3.8, 4) is 0 Å². The lowest BCUT2D eigenvalue weighted by Gasteiger charge is -2.30. The molecule has 2 aromatic carbocycles. The Kier molecular flexibility index (Phi) is 15.6. The normalized spacial score (nSPS) is 13.6. The van der Waals surface area contributed by atoms with E-state index in [1.807, 2.05) is 43.3 Å². The highest BCUT2D eigenvalue weighted by Gasteiger charge is 2.25. The number of aliphatic hydroxyl groups excluding tert-OH is 1. The molecule has 0 aromatic heterocycles. The number of nitrogens with one attached hydrogen (secondary N) is 3. The van der Waals surface area contributed by atoms with E-state index in [0.29, 0.717) is 36.7 Å². The molecule has 2 aromatic rings. The molecule has 0 aliphatic heterocycles. The number of nitrogens with two attached hydrogens (primary N) is 1. The second-order valence-electron chi connectivity index (χ2n) is 10.4. The average molecular weight is 598 g/mol. The minimum absolute atomic E-state index is 0.0260. The molecule has 228 valence electrons. The first-order valence-electron chi connectivity index (χ1n) is 14.0. The molecule has 42 heavy (non-hydrogen) atoms. The third-order valence-electron chi connectivity index (χ3n) is 6.04. The first kappa shape index (κ1) is 34.8. The predicted octanol–water partition coefficient (Wildman–Crippen LogP) is 3.66. The Balaban J connectivity index is 2.00. The standard InChI is InChI=1S/C32H44FN5O3S/c1-5-28(34)15-14-24(4)42-38(21-23(2)3)22-30(39)29(17-25-10-7-6-8-11-25)37-32(41)20-36-31(40)19-35-18-26-12-9-13-27(33)16-26/h5-16,23,29-30,35,39H,1,17-22,34H2,2-4H3,(H,36,40)(H,37,41)/b24-14+,28-15+. The monoisotopic (exact) mass is 597 g/mol. The Labute approximate surface area is 253 Å². The number of aliphatic hydroxyl groups is 1. The van der Waals surface area contributed by atoms with Crippen molar-refractivity contribution in [1.82, 2.24) is 20.3 Å². The van der Waals surface area contributed by atoms with E-state index >= 15 is 0 Å². The van der Waals surface area contributed by atoms with Crippen LogP contribution in [0.5, 0.6) is 0 Å². The molecular weight excluding hydrogens is 553 g/mol. The number of hydrogen-bond donors (Lipinski definition) is 5. The number of rotatable bonds is 18. The van der Waals surface area contributed by atoms with Gasteiger partial charge in [0.2, 0.25) is 11.8 Å². The Bertz CT molecular complexity index is 1210. The lowest BCUT2D eigenvalue weighted by atomic mass is 10.0. The summed E-state index contributed by atoms with van der Waals surface area (Å²) in [6.07, 6.45) is 4.80. The smallest absolute Gasteiger partial charge is 0.239 e. The molecule has 0 heterocycles. The lowest BCUT2D eigenvalue weighted by molar-refractivity contribution is -0.126. The van der Waals surface area contributed by atoms with E-state index in [0.717, 1.165) is 17.0 Å². The molecule has 2 atom stereocenters. The van der Waals surface area contributed by atoms with Crippen molar-refractivity contribution in [2.45, 2.75) is 45.9 Å². The number of carbonyl (C=O) groups excluding carboxylic acids is 2. The highest BCUT2D eigenvalue weighted by Crippen LogP contribution is 2.23. The summed E-state index contributed by atoms with van der Waals surface area (Å²) in [6, 6.07) is 15.2. The zero-order valence-corrected chi connectivity index (χ0v) is 25.5. The first-order valence-corrected chi connectivity index (χ1v) is 14.8. The third-order valence-corrected chi connectivity index (χ3v) is 7.02. The fourth-order valence-electron chi connectivity index (χ4n) is 4.03. The van der Waals surface area contributed by atoms with Crippen LogP contribution in [-0.4, -0.2) is 59.6 Å². The number of nitrogens with zero attached hydrogens (tertiary/aromatic N) is 1. The highest BCUT2D eigenvalue weighted by atomic mass is 32.2. The van der Waals surface area contributed by atoms with Gasteiger partial charge in [0.05, 0.1) is 25.2 Å². The Hall–Kier alpha value is -3.44. The second-order valence-corrected chi connectivity index (χ2v) is 11.8. The van der Waals surface area contributed by atoms with Crippen molar-refractivity contribution in [3.63, 3.8) is 0 Å². The van der Waals surface area contributed by atoms with Gasteiger partial charge in [-0.1, -0.05) is 62.9 Å². The fraction of sp³-hybridized carbons (Fsp3) is 0.375. The van der Waals surface area contributed by atoms with Crippen LogP contribution in [-0.2, 0) is 22.6 Å². The van der Waals surface area contributed by atoms with Crippen molar-refractivity contribution in [2.24, 2.45) is 11.7 Å². The van der Waals surface area contributed by atoms with Crippen LogP contribution in [0.15, 0.2) is 90.0 Å². The zero-order chi connectivity index (χ0) is 30.9. The van der Waals surface area contributed by atoms with Crippen molar-refractivity contribution in [1.29, 1.82) is 0 Å². The molecule has 0 aliphatic carbocycles. The summed E-state index contributed by atoms with van der Waals surface area (Å²) in [5.74, 6) is -0.767. The van der Waals surface area contributed by atoms with Crippen molar-refractivity contribution in [2.75, 3.05) is 26.2 Å². The van der Waals surface area contributed by atoms with Gasteiger partial charge >= 0.3 is 0 Å². The molecule has 10 heteroatoms. The first-order chi connectivity index (χ1) is 20.0. The molecule has 2 unspecified atom stereocenters. The van der Waals surface area contributed by atoms with Crippen LogP contribution in [0.4, 0.5) is 4.39 Å². The molecule has 6 N–H and O–H groups in total. The zero-order valence-electron chi connectivity index (χ0n) is 24.7. The summed E-state index contributed by atoms with van der Waals surface area (Å²) in [5, 5.41) is 19.8. The van der Waals surface area contributed by atoms with Crippen LogP contribution in [0.25, 0.3) is 0 Å². The maximum Gasteiger partial charge on any atom is 0.239 e. The van der Waals surface area contributed by atoms with Crippen molar-refractivity contribution < 1.29 is 19.1 Å². The third kappa shape index (κ3) is 14.5. The van der Waals surface area contributed by atoms with Crippen LogP contribution in [0.3, 0.4) is 0 Å². The lowest BCUT2D eigenvalue weighted by Crippen LogP contribution is -2.51. The summed E-state index contributed by atoms with van der Waals surface area (Å²) in [4.78, 5) is 26.1. The van der Waals surface area contributed by atoms with Gasteiger partial charge in [-0.25, -0.2) is 8.70 Å². The van der Waals surface area contributed by atoms with Crippen molar-refractivity contribution >= 4 is 23.8 Å². The van der Waals surface area contributed by atoms with E-state index in [1.54, 1.807) is 24.3 Å². The summed E-state index contributed by atoms with van der Waals surface area (Å²) >= 11 is 1.52. The van der Waals surface area contributed by atoms with Gasteiger partial charge in [0.25, 0.3) is 0 Å². The number of halogens is 1. The van der Waals surface area contributed by atoms with Crippen LogP contribution >= 0.6 is 11.9 Å². The van der Waals surface area contributed by atoms with E-state index in [2.05, 4.69) is 40.7 Å². The molecule has 0 saturated carbocycles. The largest absolute Gasteiger partial charge is 0.399 e. The minimum atomic E-state index is -0.884. The summed E-state index contributed by atoms with van der Waals surface area (Å²) in [7, 11) is 0. The molecule has 2 rings (SSSR count). The molecular formula is C32H44FN5O3S. The summed E-state index contributed by atoms with van der Waals surface area (Å²) in [5.41, 5.74) is 8.07. The molecule has 8 nitrogen and oxygen atoms in total. The summed E-state index contributed by atoms with van der Waals surface area (Å²) < 4.78 is 15.4. The van der Waals surface area contributed by atoms with Crippen LogP contribution in [0, 0.1) is 11.7 Å². The van der Waals surface area contributed by atoms with Gasteiger partial charge in [-0.15, -0.1) is 0 Å². The maximum atomic E-state index is 13.3. The maximum absolute atomic E-state index is 13.3. The number of benzene rings is 2. The second kappa shape index (κ2) is 18.9. The molecule has 0 fully saturated rings. The Morgan fingerprint density at radius 1 is 1.05 bits per heavy atom. The number of carbonyl (C=O) groups is 2. The average Bonchev–Trinajstić information content (AvgIpc) is 2.94.